The predicted molar refractivity (Wildman–Crippen MR) is 136 cm³/mol. The van der Waals surface area contributed by atoms with Gasteiger partial charge in [0.25, 0.3) is 0 Å². The van der Waals surface area contributed by atoms with E-state index < -0.39 is 5.66 Å². The zero-order chi connectivity index (χ0) is 22.6. The van der Waals surface area contributed by atoms with E-state index >= 15 is 0 Å². The van der Waals surface area contributed by atoms with Crippen LogP contribution in [0.15, 0.2) is 63.0 Å². The summed E-state index contributed by atoms with van der Waals surface area (Å²) >= 11 is 4.96. The Labute approximate surface area is 201 Å². The van der Waals surface area contributed by atoms with Crippen LogP contribution in [0.2, 0.25) is 0 Å². The highest BCUT2D eigenvalue weighted by molar-refractivity contribution is 9.10. The summed E-state index contributed by atoms with van der Waals surface area (Å²) in [6.07, 6.45) is 1.81. The number of hydrogen-bond donors (Lipinski definition) is 1. The molecule has 168 valence electrons. The SMILES string of the molecule is CCN1CCC2(CC1)N=C(SCC(=O)Nc1cccc(OC)c1)C(c1ccc(Br)cc1)=N2. The summed E-state index contributed by atoms with van der Waals surface area (Å²) in [7, 11) is 1.61. The number of likely N-dealkylation sites (tertiary alicyclic amines) is 1. The van der Waals surface area contributed by atoms with E-state index in [4.69, 9.17) is 14.7 Å². The maximum atomic E-state index is 12.6. The smallest absolute Gasteiger partial charge is 0.234 e. The summed E-state index contributed by atoms with van der Waals surface area (Å²) in [5.41, 5.74) is 2.23. The van der Waals surface area contributed by atoms with Crippen LogP contribution < -0.4 is 10.1 Å². The molecule has 2 aromatic carbocycles. The Morgan fingerprint density at radius 2 is 1.94 bits per heavy atom. The Hall–Kier alpha value is -2.16. The number of carbonyl (C=O) groups is 1. The molecule has 2 aliphatic rings. The molecule has 0 aromatic heterocycles. The third-order valence-electron chi connectivity index (χ3n) is 5.75. The summed E-state index contributed by atoms with van der Waals surface area (Å²) in [6, 6.07) is 15.5. The molecule has 1 fully saturated rings. The van der Waals surface area contributed by atoms with E-state index in [9.17, 15) is 4.79 Å². The van der Waals surface area contributed by atoms with Gasteiger partial charge < -0.3 is 15.0 Å². The van der Waals surface area contributed by atoms with Gasteiger partial charge in [0.15, 0.2) is 5.66 Å². The first-order chi connectivity index (χ1) is 15.5. The standard InChI is InChI=1S/C24H27BrN4O2S/c1-3-29-13-11-24(12-14-29)27-22(17-7-9-18(25)10-8-17)23(28-24)32-16-21(30)26-19-5-4-6-20(15-19)31-2/h4-10,15H,3,11-14,16H2,1-2H3,(H,26,30). The number of anilines is 1. The fourth-order valence-corrected chi connectivity index (χ4v) is 5.04. The molecule has 2 heterocycles. The number of amides is 1. The second-order valence-corrected chi connectivity index (χ2v) is 9.75. The van der Waals surface area contributed by atoms with Crippen LogP contribution in [0.1, 0.15) is 25.3 Å². The third-order valence-corrected chi connectivity index (χ3v) is 7.24. The normalized spacial score (nSPS) is 17.7. The molecule has 0 bridgehead atoms. The maximum Gasteiger partial charge on any atom is 0.234 e. The molecule has 8 heteroatoms. The third kappa shape index (κ3) is 5.42. The Balaban J connectivity index is 1.49. The number of benzene rings is 2. The van der Waals surface area contributed by atoms with Crippen LogP contribution in [0.5, 0.6) is 5.75 Å². The molecule has 0 unspecified atom stereocenters. The van der Waals surface area contributed by atoms with Gasteiger partial charge in [-0.3, -0.25) is 9.79 Å². The lowest BCUT2D eigenvalue weighted by molar-refractivity contribution is -0.113. The van der Waals surface area contributed by atoms with Gasteiger partial charge in [0, 0.05) is 47.7 Å². The second kappa shape index (κ2) is 10.2. The van der Waals surface area contributed by atoms with E-state index in [0.29, 0.717) is 11.4 Å². The Bertz CT molecular complexity index is 1030. The van der Waals surface area contributed by atoms with Crippen LogP contribution in [0.4, 0.5) is 5.69 Å². The Morgan fingerprint density at radius 1 is 1.19 bits per heavy atom. The Morgan fingerprint density at radius 3 is 2.62 bits per heavy atom. The van der Waals surface area contributed by atoms with Crippen LogP contribution in [0.25, 0.3) is 0 Å². The van der Waals surface area contributed by atoms with E-state index in [1.165, 1.54) is 11.8 Å². The van der Waals surface area contributed by atoms with E-state index in [0.717, 1.165) is 53.3 Å². The van der Waals surface area contributed by atoms with Gasteiger partial charge in [-0.1, -0.05) is 52.8 Å². The van der Waals surface area contributed by atoms with Gasteiger partial charge in [-0.2, -0.15) is 0 Å². The van der Waals surface area contributed by atoms with Crippen molar-refractivity contribution < 1.29 is 9.53 Å². The van der Waals surface area contributed by atoms with Crippen molar-refractivity contribution in [3.8, 4) is 5.75 Å². The number of aliphatic imine (C=N–C) groups is 2. The van der Waals surface area contributed by atoms with Crippen LogP contribution in [0.3, 0.4) is 0 Å². The van der Waals surface area contributed by atoms with Crippen molar-refractivity contribution in [1.29, 1.82) is 0 Å². The molecule has 0 aliphatic carbocycles. The lowest BCUT2D eigenvalue weighted by Gasteiger charge is -2.34. The number of carbonyl (C=O) groups excluding carboxylic acids is 1. The van der Waals surface area contributed by atoms with E-state index in [-0.39, 0.29) is 11.7 Å². The number of methoxy groups -OCH3 is 1. The average Bonchev–Trinajstić information content (AvgIpc) is 3.17. The number of nitrogens with one attached hydrogen (secondary N) is 1. The summed E-state index contributed by atoms with van der Waals surface area (Å²) < 4.78 is 6.25. The van der Waals surface area contributed by atoms with E-state index in [1.54, 1.807) is 13.2 Å². The molecule has 2 aliphatic heterocycles. The van der Waals surface area contributed by atoms with Gasteiger partial charge in [0.2, 0.25) is 5.91 Å². The average molecular weight is 515 g/mol. The molecule has 0 atom stereocenters. The van der Waals surface area contributed by atoms with Crippen molar-refractivity contribution in [3.05, 3.63) is 58.6 Å². The lowest BCUT2D eigenvalue weighted by Crippen LogP contribution is -2.41. The fraction of sp³-hybridized carbons (Fsp3) is 0.375. The first-order valence-corrected chi connectivity index (χ1v) is 12.5. The second-order valence-electron chi connectivity index (χ2n) is 7.87. The van der Waals surface area contributed by atoms with Crippen LogP contribution in [-0.2, 0) is 4.79 Å². The van der Waals surface area contributed by atoms with Gasteiger partial charge >= 0.3 is 0 Å². The summed E-state index contributed by atoms with van der Waals surface area (Å²) in [5, 5.41) is 3.79. The summed E-state index contributed by atoms with van der Waals surface area (Å²) in [4.78, 5) is 25.2. The van der Waals surface area contributed by atoms with Crippen molar-refractivity contribution in [2.24, 2.45) is 9.98 Å². The van der Waals surface area contributed by atoms with Gasteiger partial charge in [0.1, 0.15) is 10.8 Å². The molecule has 1 N–H and O–H groups in total. The molecule has 1 spiro atoms. The van der Waals surface area contributed by atoms with Crippen LogP contribution in [-0.4, -0.2) is 59.7 Å². The van der Waals surface area contributed by atoms with E-state index in [2.05, 4.69) is 45.2 Å². The highest BCUT2D eigenvalue weighted by Crippen LogP contribution is 2.35. The highest BCUT2D eigenvalue weighted by Gasteiger charge is 2.39. The molecule has 1 amide bonds. The summed E-state index contributed by atoms with van der Waals surface area (Å²) in [6.45, 7) is 5.22. The number of thioether (sulfide) groups is 1. The number of hydrogen-bond acceptors (Lipinski definition) is 6. The molecular formula is C24H27BrN4O2S. The first-order valence-electron chi connectivity index (χ1n) is 10.8. The zero-order valence-corrected chi connectivity index (χ0v) is 20.7. The zero-order valence-electron chi connectivity index (χ0n) is 18.3. The van der Waals surface area contributed by atoms with Crippen molar-refractivity contribution in [1.82, 2.24) is 4.90 Å². The molecule has 0 radical (unpaired) electrons. The van der Waals surface area contributed by atoms with Crippen molar-refractivity contribution >= 4 is 50.0 Å². The lowest BCUT2D eigenvalue weighted by atomic mass is 9.98. The molecule has 32 heavy (non-hydrogen) atoms. The monoisotopic (exact) mass is 514 g/mol. The van der Waals surface area contributed by atoms with Crippen molar-refractivity contribution in [3.63, 3.8) is 0 Å². The number of piperidine rings is 1. The van der Waals surface area contributed by atoms with Gasteiger partial charge in [-0.25, -0.2) is 4.99 Å². The summed E-state index contributed by atoms with van der Waals surface area (Å²) in [5.74, 6) is 0.895. The molecule has 4 rings (SSSR count). The van der Waals surface area contributed by atoms with Gasteiger partial charge in [-0.05, 0) is 30.8 Å². The number of ether oxygens (including phenoxy) is 1. The minimum atomic E-state index is -0.403. The van der Waals surface area contributed by atoms with Crippen molar-refractivity contribution in [2.75, 3.05) is 37.8 Å². The number of halogens is 1. The number of nitrogens with zero attached hydrogens (tertiary/aromatic N) is 3. The fourth-order valence-electron chi connectivity index (χ4n) is 3.90. The first kappa shape index (κ1) is 23.0. The maximum absolute atomic E-state index is 12.6. The quantitative estimate of drug-likeness (QED) is 0.598. The molecule has 2 aromatic rings. The Kier molecular flexibility index (Phi) is 7.33. The van der Waals surface area contributed by atoms with Crippen LogP contribution in [0, 0.1) is 0 Å². The molecule has 6 nitrogen and oxygen atoms in total. The van der Waals surface area contributed by atoms with Gasteiger partial charge in [0.05, 0.1) is 18.6 Å². The van der Waals surface area contributed by atoms with Crippen LogP contribution >= 0.6 is 27.7 Å². The van der Waals surface area contributed by atoms with Crippen molar-refractivity contribution in [2.45, 2.75) is 25.4 Å². The number of rotatable bonds is 6. The topological polar surface area (TPSA) is 66.3 Å². The van der Waals surface area contributed by atoms with E-state index in [1.807, 2.05) is 30.3 Å². The molecular weight excluding hydrogens is 488 g/mol. The predicted octanol–water partition coefficient (Wildman–Crippen LogP) is 4.84. The molecule has 0 saturated carbocycles. The van der Waals surface area contributed by atoms with Gasteiger partial charge in [-0.15, -0.1) is 0 Å². The highest BCUT2D eigenvalue weighted by atomic mass is 79.9. The largest absolute Gasteiger partial charge is 0.497 e. The molecule has 1 saturated heterocycles. The minimum absolute atomic E-state index is 0.0807. The minimum Gasteiger partial charge on any atom is -0.497 e.